The van der Waals surface area contributed by atoms with Crippen LogP contribution in [0.5, 0.6) is 0 Å². The number of nitrogens with one attached hydrogen (secondary N) is 1. The molecule has 0 aliphatic heterocycles. The summed E-state index contributed by atoms with van der Waals surface area (Å²) >= 11 is 4.42. The molecule has 0 aliphatic carbocycles. The lowest BCUT2D eigenvalue weighted by atomic mass is 9.98. The molecule has 0 fully saturated rings. The molecule has 1 aromatic rings. The van der Waals surface area contributed by atoms with Crippen molar-refractivity contribution in [3.05, 3.63) is 14.7 Å². The largest absolute Gasteiger partial charge is 0.391 e. The zero-order valence-electron chi connectivity index (χ0n) is 9.95. The van der Waals surface area contributed by atoms with E-state index in [4.69, 9.17) is 5.11 Å². The van der Waals surface area contributed by atoms with E-state index >= 15 is 0 Å². The molecule has 0 saturated heterocycles. The van der Waals surface area contributed by atoms with Crippen molar-refractivity contribution >= 4 is 37.3 Å². The summed E-state index contributed by atoms with van der Waals surface area (Å²) in [7, 11) is -3.51. The molecule has 2 N–H and O–H groups in total. The predicted octanol–water partition coefficient (Wildman–Crippen LogP) is 2.33. The molecule has 1 heterocycles. The maximum atomic E-state index is 12.0. The maximum Gasteiger partial charge on any atom is 0.242 e. The second-order valence-corrected chi connectivity index (χ2v) is 9.08. The highest BCUT2D eigenvalue weighted by Gasteiger charge is 2.22. The molecule has 0 aliphatic rings. The second-order valence-electron chi connectivity index (χ2n) is 4.89. The van der Waals surface area contributed by atoms with Gasteiger partial charge < -0.3 is 5.11 Å². The van der Waals surface area contributed by atoms with E-state index in [2.05, 4.69) is 20.7 Å². The van der Waals surface area contributed by atoms with Crippen molar-refractivity contribution in [3.63, 3.8) is 0 Å². The molecular formula is C10H16BrNO3S2. The summed E-state index contributed by atoms with van der Waals surface area (Å²) in [5, 5.41) is 8.97. The topological polar surface area (TPSA) is 66.4 Å². The van der Waals surface area contributed by atoms with Crippen LogP contribution in [0.3, 0.4) is 0 Å². The molecule has 0 bridgehead atoms. The zero-order chi connectivity index (χ0) is 13.3. The van der Waals surface area contributed by atoms with Crippen LogP contribution in [-0.4, -0.2) is 20.1 Å². The number of aliphatic hydroxyl groups excluding tert-OH is 1. The van der Waals surface area contributed by atoms with Gasteiger partial charge in [-0.3, -0.25) is 0 Å². The smallest absolute Gasteiger partial charge is 0.242 e. The summed E-state index contributed by atoms with van der Waals surface area (Å²) < 4.78 is 27.1. The normalized spacial score (nSPS) is 13.0. The van der Waals surface area contributed by atoms with Crippen LogP contribution >= 0.6 is 27.3 Å². The lowest BCUT2D eigenvalue weighted by Crippen LogP contribution is -2.32. The summed E-state index contributed by atoms with van der Waals surface area (Å²) in [6.45, 7) is 6.08. The maximum absolute atomic E-state index is 12.0. The Bertz CT molecular complexity index is 488. The summed E-state index contributed by atoms with van der Waals surface area (Å²) in [6.07, 6.45) is 0. The van der Waals surface area contributed by atoms with Crippen molar-refractivity contribution in [2.45, 2.75) is 32.3 Å². The Hall–Kier alpha value is 0.0500. The number of rotatable bonds is 4. The highest BCUT2D eigenvalue weighted by atomic mass is 79.9. The van der Waals surface area contributed by atoms with Crippen molar-refractivity contribution in [3.8, 4) is 0 Å². The Kier molecular flexibility index (Phi) is 4.76. The number of aliphatic hydroxyl groups is 1. The summed E-state index contributed by atoms with van der Waals surface area (Å²) in [4.78, 5) is 0.809. The van der Waals surface area contributed by atoms with Crippen molar-refractivity contribution in [1.82, 2.24) is 4.72 Å². The molecule has 0 spiro atoms. The van der Waals surface area contributed by atoms with Crippen LogP contribution in [-0.2, 0) is 16.6 Å². The molecular weight excluding hydrogens is 326 g/mol. The third-order valence-electron chi connectivity index (χ3n) is 1.94. The Morgan fingerprint density at radius 2 is 2.06 bits per heavy atom. The Morgan fingerprint density at radius 1 is 1.47 bits per heavy atom. The standard InChI is InChI=1S/C10H16BrNO3S2/c1-10(2,3)6-12-17(14,15)8-4-7(5-13)16-9(8)11/h4,12-13H,5-6H2,1-3H3. The first kappa shape index (κ1) is 15.1. The van der Waals surface area contributed by atoms with Gasteiger partial charge in [0.15, 0.2) is 0 Å². The van der Waals surface area contributed by atoms with Gasteiger partial charge in [0.2, 0.25) is 10.0 Å². The fraction of sp³-hybridized carbons (Fsp3) is 0.600. The molecule has 0 aromatic carbocycles. The molecule has 1 rings (SSSR count). The first-order valence-corrected chi connectivity index (χ1v) is 8.14. The third kappa shape index (κ3) is 4.33. The van der Waals surface area contributed by atoms with Crippen LogP contribution in [0, 0.1) is 5.41 Å². The van der Waals surface area contributed by atoms with E-state index < -0.39 is 10.0 Å². The monoisotopic (exact) mass is 341 g/mol. The van der Waals surface area contributed by atoms with Gasteiger partial charge in [-0.05, 0) is 27.4 Å². The van der Waals surface area contributed by atoms with Crippen molar-refractivity contribution < 1.29 is 13.5 Å². The van der Waals surface area contributed by atoms with Crippen LogP contribution in [0.2, 0.25) is 0 Å². The molecule has 0 saturated carbocycles. The molecule has 0 unspecified atom stereocenters. The van der Waals surface area contributed by atoms with Gasteiger partial charge in [0.05, 0.1) is 10.4 Å². The lowest BCUT2D eigenvalue weighted by Gasteiger charge is -2.18. The molecule has 98 valence electrons. The van der Waals surface area contributed by atoms with Crippen LogP contribution < -0.4 is 4.72 Å². The van der Waals surface area contributed by atoms with E-state index in [1.165, 1.54) is 17.4 Å². The van der Waals surface area contributed by atoms with Gasteiger partial charge in [-0.2, -0.15) is 0 Å². The van der Waals surface area contributed by atoms with Crippen LogP contribution in [0.15, 0.2) is 14.7 Å². The van der Waals surface area contributed by atoms with Gasteiger partial charge in [0.25, 0.3) is 0 Å². The van der Waals surface area contributed by atoms with E-state index in [1.807, 2.05) is 20.8 Å². The van der Waals surface area contributed by atoms with Crippen LogP contribution in [0.1, 0.15) is 25.6 Å². The van der Waals surface area contributed by atoms with E-state index in [0.29, 0.717) is 15.2 Å². The Morgan fingerprint density at radius 3 is 2.47 bits per heavy atom. The van der Waals surface area contributed by atoms with Gasteiger partial charge >= 0.3 is 0 Å². The van der Waals surface area contributed by atoms with Gasteiger partial charge in [0.1, 0.15) is 4.90 Å². The lowest BCUT2D eigenvalue weighted by molar-refractivity contribution is 0.285. The zero-order valence-corrected chi connectivity index (χ0v) is 13.2. The highest BCUT2D eigenvalue weighted by molar-refractivity contribution is 9.11. The van der Waals surface area contributed by atoms with E-state index in [1.54, 1.807) is 0 Å². The third-order valence-corrected chi connectivity index (χ3v) is 5.58. The predicted molar refractivity (Wildman–Crippen MR) is 72.6 cm³/mol. The summed E-state index contributed by atoms with van der Waals surface area (Å²) in [6, 6.07) is 1.49. The molecule has 4 nitrogen and oxygen atoms in total. The minimum Gasteiger partial charge on any atom is -0.391 e. The van der Waals surface area contributed by atoms with E-state index in [0.717, 1.165) is 0 Å². The minimum absolute atomic E-state index is 0.116. The first-order chi connectivity index (χ1) is 7.65. The second kappa shape index (κ2) is 5.36. The molecule has 0 amide bonds. The Labute approximate surface area is 114 Å². The van der Waals surface area contributed by atoms with Crippen molar-refractivity contribution in [2.24, 2.45) is 5.41 Å². The van der Waals surface area contributed by atoms with Crippen LogP contribution in [0.25, 0.3) is 0 Å². The molecule has 7 heteroatoms. The molecule has 0 atom stereocenters. The number of halogens is 1. The highest BCUT2D eigenvalue weighted by Crippen LogP contribution is 2.31. The number of hydrogen-bond donors (Lipinski definition) is 2. The van der Waals surface area contributed by atoms with E-state index in [9.17, 15) is 8.42 Å². The number of hydrogen-bond acceptors (Lipinski definition) is 4. The fourth-order valence-electron chi connectivity index (χ4n) is 1.05. The number of thiophene rings is 1. The average molecular weight is 342 g/mol. The molecule has 17 heavy (non-hydrogen) atoms. The van der Waals surface area contributed by atoms with Gasteiger partial charge in [-0.15, -0.1) is 11.3 Å². The Balaban J connectivity index is 2.93. The fourth-order valence-corrected chi connectivity index (χ4v) is 4.87. The van der Waals surface area contributed by atoms with Gasteiger partial charge in [-0.1, -0.05) is 20.8 Å². The summed E-state index contributed by atoms with van der Waals surface area (Å²) in [5.74, 6) is 0. The quantitative estimate of drug-likeness (QED) is 0.883. The van der Waals surface area contributed by atoms with Gasteiger partial charge in [0, 0.05) is 11.4 Å². The molecule has 1 aromatic heterocycles. The van der Waals surface area contributed by atoms with Crippen LogP contribution in [0.4, 0.5) is 0 Å². The van der Waals surface area contributed by atoms with E-state index in [-0.39, 0.29) is 16.9 Å². The van der Waals surface area contributed by atoms with Gasteiger partial charge in [-0.25, -0.2) is 13.1 Å². The first-order valence-electron chi connectivity index (χ1n) is 5.04. The SMILES string of the molecule is CC(C)(C)CNS(=O)(=O)c1cc(CO)sc1Br. The van der Waals surface area contributed by atoms with Crippen molar-refractivity contribution in [2.75, 3.05) is 6.54 Å². The number of sulfonamides is 1. The summed E-state index contributed by atoms with van der Waals surface area (Å²) in [5.41, 5.74) is -0.116. The molecule has 0 radical (unpaired) electrons. The minimum atomic E-state index is -3.51. The van der Waals surface area contributed by atoms with Crippen molar-refractivity contribution in [1.29, 1.82) is 0 Å². The average Bonchev–Trinajstić information content (AvgIpc) is 2.57.